The number of amides is 2. The van der Waals surface area contributed by atoms with Gasteiger partial charge in [-0.25, -0.2) is 4.79 Å². The van der Waals surface area contributed by atoms with Crippen LogP contribution in [0.25, 0.3) is 0 Å². The molecule has 2 amide bonds. The molecular weight excluding hydrogens is 394 g/mol. The zero-order chi connectivity index (χ0) is 21.4. The molecule has 0 aromatic heterocycles. The van der Waals surface area contributed by atoms with E-state index in [4.69, 9.17) is 21.6 Å². The number of aryl methyl sites for hydroxylation is 1. The monoisotopic (exact) mass is 413 g/mol. The standard InChI is InChI=1S/C21H20ClN3O4/c1-3-25(12-19(26)24-18-10-17(22)9-4-14(18)2)20(27)13-29-21(28)16-7-5-15(11-23)6-8-16/h4-10H,3,12-13H2,1-2H3,(H,24,26). The molecule has 7 nitrogen and oxygen atoms in total. The first-order valence-corrected chi connectivity index (χ1v) is 9.23. The highest BCUT2D eigenvalue weighted by Crippen LogP contribution is 2.20. The normalized spacial score (nSPS) is 10.0. The average Bonchev–Trinajstić information content (AvgIpc) is 2.72. The van der Waals surface area contributed by atoms with Crippen LogP contribution >= 0.6 is 11.6 Å². The molecule has 0 heterocycles. The minimum absolute atomic E-state index is 0.185. The summed E-state index contributed by atoms with van der Waals surface area (Å²) in [7, 11) is 0. The van der Waals surface area contributed by atoms with E-state index in [0.29, 0.717) is 16.3 Å². The molecule has 29 heavy (non-hydrogen) atoms. The van der Waals surface area contributed by atoms with Gasteiger partial charge >= 0.3 is 5.97 Å². The number of hydrogen-bond acceptors (Lipinski definition) is 5. The maximum atomic E-state index is 12.3. The van der Waals surface area contributed by atoms with Crippen molar-refractivity contribution in [2.45, 2.75) is 13.8 Å². The van der Waals surface area contributed by atoms with E-state index in [0.717, 1.165) is 5.56 Å². The third-order valence-electron chi connectivity index (χ3n) is 4.12. The van der Waals surface area contributed by atoms with Crippen molar-refractivity contribution in [1.29, 1.82) is 5.26 Å². The van der Waals surface area contributed by atoms with Crippen LogP contribution in [0.2, 0.25) is 5.02 Å². The van der Waals surface area contributed by atoms with E-state index in [-0.39, 0.29) is 24.6 Å². The lowest BCUT2D eigenvalue weighted by Gasteiger charge is -2.20. The molecule has 0 aliphatic carbocycles. The van der Waals surface area contributed by atoms with E-state index >= 15 is 0 Å². The van der Waals surface area contributed by atoms with Crippen LogP contribution in [-0.4, -0.2) is 42.4 Å². The quantitative estimate of drug-likeness (QED) is 0.703. The van der Waals surface area contributed by atoms with Crippen molar-refractivity contribution in [1.82, 2.24) is 4.90 Å². The lowest BCUT2D eigenvalue weighted by Crippen LogP contribution is -2.40. The van der Waals surface area contributed by atoms with Crippen molar-refractivity contribution < 1.29 is 19.1 Å². The molecule has 0 unspecified atom stereocenters. The Labute approximate surface area is 173 Å². The highest BCUT2D eigenvalue weighted by atomic mass is 35.5. The molecule has 0 radical (unpaired) electrons. The van der Waals surface area contributed by atoms with Crippen LogP contribution in [0, 0.1) is 18.3 Å². The molecule has 0 saturated heterocycles. The number of ether oxygens (including phenoxy) is 1. The second-order valence-electron chi connectivity index (χ2n) is 6.18. The number of esters is 1. The fourth-order valence-electron chi connectivity index (χ4n) is 2.45. The number of rotatable bonds is 7. The molecule has 0 saturated carbocycles. The molecule has 0 aliphatic rings. The first-order valence-electron chi connectivity index (χ1n) is 8.85. The van der Waals surface area contributed by atoms with Gasteiger partial charge < -0.3 is 15.0 Å². The Morgan fingerprint density at radius 3 is 2.48 bits per heavy atom. The summed E-state index contributed by atoms with van der Waals surface area (Å²) in [5.74, 6) is -1.56. The predicted molar refractivity (Wildman–Crippen MR) is 109 cm³/mol. The van der Waals surface area contributed by atoms with Crippen LogP contribution in [0.4, 0.5) is 5.69 Å². The van der Waals surface area contributed by atoms with Crippen molar-refractivity contribution in [2.75, 3.05) is 25.0 Å². The third-order valence-corrected chi connectivity index (χ3v) is 4.35. The number of carbonyl (C=O) groups is 3. The van der Waals surface area contributed by atoms with E-state index < -0.39 is 18.5 Å². The summed E-state index contributed by atoms with van der Waals surface area (Å²) in [5, 5.41) is 12.0. The van der Waals surface area contributed by atoms with E-state index in [1.807, 2.05) is 13.0 Å². The Morgan fingerprint density at radius 2 is 1.86 bits per heavy atom. The van der Waals surface area contributed by atoms with Crippen molar-refractivity contribution in [3.63, 3.8) is 0 Å². The molecule has 150 valence electrons. The molecule has 2 rings (SSSR count). The Balaban J connectivity index is 1.90. The summed E-state index contributed by atoms with van der Waals surface area (Å²) < 4.78 is 5.02. The smallest absolute Gasteiger partial charge is 0.338 e. The molecule has 1 N–H and O–H groups in total. The summed E-state index contributed by atoms with van der Waals surface area (Å²) >= 11 is 5.94. The van der Waals surface area contributed by atoms with Crippen LogP contribution in [-0.2, 0) is 14.3 Å². The summed E-state index contributed by atoms with van der Waals surface area (Å²) in [6.07, 6.45) is 0. The van der Waals surface area contributed by atoms with Gasteiger partial charge in [0.1, 0.15) is 0 Å². The number of nitriles is 1. The first-order chi connectivity index (χ1) is 13.8. The molecule has 0 aliphatic heterocycles. The lowest BCUT2D eigenvalue weighted by molar-refractivity contribution is -0.137. The highest BCUT2D eigenvalue weighted by molar-refractivity contribution is 6.31. The summed E-state index contributed by atoms with van der Waals surface area (Å²) in [6.45, 7) is 3.15. The Kier molecular flexibility index (Phi) is 7.75. The van der Waals surface area contributed by atoms with Gasteiger partial charge in [0.25, 0.3) is 5.91 Å². The van der Waals surface area contributed by atoms with Gasteiger partial charge in [0, 0.05) is 17.3 Å². The highest BCUT2D eigenvalue weighted by Gasteiger charge is 2.18. The number of halogens is 1. The van der Waals surface area contributed by atoms with E-state index in [1.54, 1.807) is 25.1 Å². The van der Waals surface area contributed by atoms with Gasteiger partial charge in [-0.05, 0) is 55.8 Å². The number of nitrogens with zero attached hydrogens (tertiary/aromatic N) is 2. The van der Waals surface area contributed by atoms with E-state index in [9.17, 15) is 14.4 Å². The maximum absolute atomic E-state index is 12.3. The number of anilines is 1. The van der Waals surface area contributed by atoms with Gasteiger partial charge in [0.15, 0.2) is 6.61 Å². The summed E-state index contributed by atoms with van der Waals surface area (Å²) in [4.78, 5) is 37.9. The second-order valence-corrected chi connectivity index (χ2v) is 6.62. The Morgan fingerprint density at radius 1 is 1.17 bits per heavy atom. The topological polar surface area (TPSA) is 99.5 Å². The molecule has 0 fully saturated rings. The number of benzene rings is 2. The third kappa shape index (κ3) is 6.33. The predicted octanol–water partition coefficient (Wildman–Crippen LogP) is 3.16. The zero-order valence-corrected chi connectivity index (χ0v) is 16.8. The van der Waals surface area contributed by atoms with Gasteiger partial charge in [0.2, 0.25) is 5.91 Å². The van der Waals surface area contributed by atoms with E-state index in [2.05, 4.69) is 5.32 Å². The largest absolute Gasteiger partial charge is 0.452 e. The number of likely N-dealkylation sites (N-methyl/N-ethyl adjacent to an activating group) is 1. The lowest BCUT2D eigenvalue weighted by atomic mass is 10.1. The average molecular weight is 414 g/mol. The van der Waals surface area contributed by atoms with Crippen molar-refractivity contribution >= 4 is 35.1 Å². The minimum atomic E-state index is -0.683. The number of nitrogens with one attached hydrogen (secondary N) is 1. The Bertz CT molecular complexity index is 951. The van der Waals surface area contributed by atoms with Crippen LogP contribution in [0.5, 0.6) is 0 Å². The van der Waals surface area contributed by atoms with E-state index in [1.165, 1.54) is 29.2 Å². The van der Waals surface area contributed by atoms with Crippen molar-refractivity contribution in [3.05, 3.63) is 64.2 Å². The van der Waals surface area contributed by atoms with Gasteiger partial charge in [-0.15, -0.1) is 0 Å². The number of carbonyl (C=O) groups excluding carboxylic acids is 3. The molecular formula is C21H20ClN3O4. The fraction of sp³-hybridized carbons (Fsp3) is 0.238. The van der Waals surface area contributed by atoms with Crippen molar-refractivity contribution in [2.24, 2.45) is 0 Å². The Hall–Kier alpha value is -3.37. The minimum Gasteiger partial charge on any atom is -0.452 e. The van der Waals surface area contributed by atoms with Crippen LogP contribution in [0.3, 0.4) is 0 Å². The van der Waals surface area contributed by atoms with Crippen LogP contribution < -0.4 is 5.32 Å². The first kappa shape index (κ1) is 21.9. The molecule has 0 spiro atoms. The van der Waals surface area contributed by atoms with Crippen LogP contribution in [0.15, 0.2) is 42.5 Å². The second kappa shape index (κ2) is 10.2. The number of hydrogen-bond donors (Lipinski definition) is 1. The molecule has 8 heteroatoms. The van der Waals surface area contributed by atoms with Gasteiger partial charge in [-0.1, -0.05) is 17.7 Å². The van der Waals surface area contributed by atoms with Gasteiger partial charge in [-0.3, -0.25) is 9.59 Å². The molecule has 2 aromatic carbocycles. The molecule has 0 atom stereocenters. The van der Waals surface area contributed by atoms with Crippen molar-refractivity contribution in [3.8, 4) is 6.07 Å². The zero-order valence-electron chi connectivity index (χ0n) is 16.1. The fourth-order valence-corrected chi connectivity index (χ4v) is 2.62. The summed E-state index contributed by atoms with van der Waals surface area (Å²) in [5.41, 5.74) is 2.05. The summed E-state index contributed by atoms with van der Waals surface area (Å²) in [6, 6.07) is 12.9. The van der Waals surface area contributed by atoms with Gasteiger partial charge in [0.05, 0.1) is 23.7 Å². The van der Waals surface area contributed by atoms with Crippen LogP contribution in [0.1, 0.15) is 28.4 Å². The molecule has 2 aromatic rings. The maximum Gasteiger partial charge on any atom is 0.338 e. The SMILES string of the molecule is CCN(CC(=O)Nc1cc(Cl)ccc1C)C(=O)COC(=O)c1ccc(C#N)cc1. The molecule has 0 bridgehead atoms. The van der Waals surface area contributed by atoms with Gasteiger partial charge in [-0.2, -0.15) is 5.26 Å².